The van der Waals surface area contributed by atoms with E-state index in [1.807, 2.05) is 0 Å². The fourth-order valence-electron chi connectivity index (χ4n) is 1.67. The Labute approximate surface area is 104 Å². The summed E-state index contributed by atoms with van der Waals surface area (Å²) < 4.78 is 33.1. The van der Waals surface area contributed by atoms with Crippen LogP contribution in [-0.4, -0.2) is 19.2 Å². The molecule has 0 aromatic heterocycles. The Morgan fingerprint density at radius 2 is 2.00 bits per heavy atom. The van der Waals surface area contributed by atoms with Crippen LogP contribution in [-0.2, 0) is 4.74 Å². The van der Waals surface area contributed by atoms with Crippen LogP contribution in [0, 0.1) is 11.8 Å². The smallest absolute Gasteiger partial charge is 0.387 e. The van der Waals surface area contributed by atoms with Crippen LogP contribution >= 0.6 is 0 Å². The van der Waals surface area contributed by atoms with E-state index in [1.165, 1.54) is 24.3 Å². The summed E-state index contributed by atoms with van der Waals surface area (Å²) in [5.41, 5.74) is 0.338. The van der Waals surface area contributed by atoms with Crippen molar-refractivity contribution in [2.75, 3.05) is 6.61 Å². The first-order valence-electron chi connectivity index (χ1n) is 5.78. The molecule has 98 valence electrons. The van der Waals surface area contributed by atoms with Gasteiger partial charge in [0.05, 0.1) is 12.2 Å². The molecule has 1 fully saturated rings. The van der Waals surface area contributed by atoms with Crippen LogP contribution in [0.25, 0.3) is 0 Å². The summed E-state index contributed by atoms with van der Waals surface area (Å²) >= 11 is 0. The second-order valence-corrected chi connectivity index (χ2v) is 4.47. The monoisotopic (exact) mass is 256 g/mol. The summed E-state index contributed by atoms with van der Waals surface area (Å²) in [6, 6.07) is 5.47. The second kappa shape index (κ2) is 5.33. The second-order valence-electron chi connectivity index (χ2n) is 4.47. The van der Waals surface area contributed by atoms with E-state index in [2.05, 4.69) is 11.7 Å². The predicted molar refractivity (Wildman–Crippen MR) is 60.6 cm³/mol. The number of carbonyl (C=O) groups is 1. The molecule has 0 heterocycles. The van der Waals surface area contributed by atoms with Crippen molar-refractivity contribution in [3.05, 3.63) is 29.8 Å². The van der Waals surface area contributed by atoms with E-state index in [0.29, 0.717) is 24.0 Å². The van der Waals surface area contributed by atoms with E-state index < -0.39 is 12.6 Å². The SMILES string of the molecule is CC1CC1COC(=O)c1ccc(OC(F)F)cc1. The summed E-state index contributed by atoms with van der Waals surface area (Å²) in [6.45, 7) is -0.330. The van der Waals surface area contributed by atoms with Gasteiger partial charge >= 0.3 is 12.6 Å². The van der Waals surface area contributed by atoms with Gasteiger partial charge in [-0.2, -0.15) is 8.78 Å². The average Bonchev–Trinajstić information content (AvgIpc) is 3.02. The lowest BCUT2D eigenvalue weighted by atomic mass is 10.2. The molecule has 18 heavy (non-hydrogen) atoms. The van der Waals surface area contributed by atoms with Crippen LogP contribution in [0.4, 0.5) is 8.78 Å². The number of esters is 1. The molecule has 1 aromatic carbocycles. The van der Waals surface area contributed by atoms with E-state index in [1.54, 1.807) is 0 Å². The zero-order chi connectivity index (χ0) is 13.1. The molecule has 0 radical (unpaired) electrons. The van der Waals surface area contributed by atoms with E-state index in [4.69, 9.17) is 4.74 Å². The van der Waals surface area contributed by atoms with Crippen LogP contribution < -0.4 is 4.74 Å². The number of halogens is 2. The third-order valence-corrected chi connectivity index (χ3v) is 3.02. The molecule has 2 atom stereocenters. The van der Waals surface area contributed by atoms with Gasteiger partial charge in [-0.1, -0.05) is 6.92 Å². The van der Waals surface area contributed by atoms with Crippen molar-refractivity contribution in [2.24, 2.45) is 11.8 Å². The molecule has 0 amide bonds. The Balaban J connectivity index is 1.86. The first kappa shape index (κ1) is 12.8. The van der Waals surface area contributed by atoms with Gasteiger partial charge in [0.25, 0.3) is 0 Å². The normalized spacial score (nSPS) is 21.8. The third-order valence-electron chi connectivity index (χ3n) is 3.02. The molecule has 1 aromatic rings. The largest absolute Gasteiger partial charge is 0.462 e. The van der Waals surface area contributed by atoms with Gasteiger partial charge in [-0.3, -0.25) is 0 Å². The van der Waals surface area contributed by atoms with Crippen LogP contribution in [0.5, 0.6) is 5.75 Å². The Hall–Kier alpha value is -1.65. The van der Waals surface area contributed by atoms with Gasteiger partial charge in [0.1, 0.15) is 5.75 Å². The topological polar surface area (TPSA) is 35.5 Å². The molecule has 1 aliphatic rings. The van der Waals surface area contributed by atoms with Crippen LogP contribution in [0.15, 0.2) is 24.3 Å². The number of ether oxygens (including phenoxy) is 2. The minimum Gasteiger partial charge on any atom is -0.462 e. The Bertz CT molecular complexity index is 417. The molecule has 3 nitrogen and oxygen atoms in total. The van der Waals surface area contributed by atoms with Crippen molar-refractivity contribution >= 4 is 5.97 Å². The number of benzene rings is 1. The number of alkyl halides is 2. The van der Waals surface area contributed by atoms with Crippen LogP contribution in [0.1, 0.15) is 23.7 Å². The minimum absolute atomic E-state index is 0.0253. The Kier molecular flexibility index (Phi) is 3.79. The van der Waals surface area contributed by atoms with Crippen molar-refractivity contribution < 1.29 is 23.0 Å². The molecular formula is C13H14F2O3. The summed E-state index contributed by atoms with van der Waals surface area (Å²) in [7, 11) is 0. The summed E-state index contributed by atoms with van der Waals surface area (Å²) in [6.07, 6.45) is 1.09. The number of hydrogen-bond donors (Lipinski definition) is 0. The van der Waals surface area contributed by atoms with E-state index in [-0.39, 0.29) is 5.75 Å². The Morgan fingerprint density at radius 3 is 2.50 bits per heavy atom. The van der Waals surface area contributed by atoms with Crippen molar-refractivity contribution in [1.82, 2.24) is 0 Å². The summed E-state index contributed by atoms with van der Waals surface area (Å²) in [5, 5.41) is 0. The molecule has 1 aliphatic carbocycles. The van der Waals surface area contributed by atoms with Gasteiger partial charge in [-0.15, -0.1) is 0 Å². The lowest BCUT2D eigenvalue weighted by Crippen LogP contribution is -2.08. The first-order chi connectivity index (χ1) is 8.56. The highest BCUT2D eigenvalue weighted by atomic mass is 19.3. The van der Waals surface area contributed by atoms with Crippen LogP contribution in [0.3, 0.4) is 0 Å². The lowest BCUT2D eigenvalue weighted by molar-refractivity contribution is -0.0498. The van der Waals surface area contributed by atoms with E-state index in [0.717, 1.165) is 6.42 Å². The van der Waals surface area contributed by atoms with Crippen LogP contribution in [0.2, 0.25) is 0 Å². The molecule has 2 rings (SSSR count). The third kappa shape index (κ3) is 3.42. The highest BCUT2D eigenvalue weighted by Gasteiger charge is 2.33. The quantitative estimate of drug-likeness (QED) is 0.759. The molecule has 0 bridgehead atoms. The molecule has 0 spiro atoms. The fraction of sp³-hybridized carbons (Fsp3) is 0.462. The van der Waals surface area contributed by atoms with E-state index in [9.17, 15) is 13.6 Å². The molecular weight excluding hydrogens is 242 g/mol. The first-order valence-corrected chi connectivity index (χ1v) is 5.78. The van der Waals surface area contributed by atoms with Gasteiger partial charge in [-0.25, -0.2) is 4.79 Å². The van der Waals surface area contributed by atoms with Gasteiger partial charge in [0.15, 0.2) is 0 Å². The molecule has 5 heteroatoms. The molecule has 0 N–H and O–H groups in total. The maximum Gasteiger partial charge on any atom is 0.387 e. The minimum atomic E-state index is -2.86. The fourth-order valence-corrected chi connectivity index (χ4v) is 1.67. The van der Waals surface area contributed by atoms with E-state index >= 15 is 0 Å². The Morgan fingerprint density at radius 1 is 1.39 bits per heavy atom. The predicted octanol–water partition coefficient (Wildman–Crippen LogP) is 3.10. The summed E-state index contributed by atoms with van der Waals surface area (Å²) in [5.74, 6) is 0.685. The zero-order valence-corrected chi connectivity index (χ0v) is 9.94. The molecule has 2 unspecified atom stereocenters. The van der Waals surface area contributed by atoms with Crippen molar-refractivity contribution in [1.29, 1.82) is 0 Å². The van der Waals surface area contributed by atoms with Gasteiger partial charge in [-0.05, 0) is 42.5 Å². The standard InChI is InChI=1S/C13H14F2O3/c1-8-6-10(8)7-17-12(16)9-2-4-11(5-3-9)18-13(14)15/h2-5,8,10,13H,6-7H2,1H3. The highest BCUT2D eigenvalue weighted by molar-refractivity contribution is 5.89. The van der Waals surface area contributed by atoms with Gasteiger partial charge in [0.2, 0.25) is 0 Å². The molecule has 0 saturated heterocycles. The average molecular weight is 256 g/mol. The van der Waals surface area contributed by atoms with Crippen molar-refractivity contribution in [3.63, 3.8) is 0 Å². The van der Waals surface area contributed by atoms with Crippen molar-refractivity contribution in [3.8, 4) is 5.75 Å². The zero-order valence-electron chi connectivity index (χ0n) is 9.94. The number of hydrogen-bond acceptors (Lipinski definition) is 3. The van der Waals surface area contributed by atoms with Crippen molar-refractivity contribution in [2.45, 2.75) is 20.0 Å². The maximum absolute atomic E-state index is 11.9. The summed E-state index contributed by atoms with van der Waals surface area (Å²) in [4.78, 5) is 11.6. The number of carbonyl (C=O) groups excluding carboxylic acids is 1. The number of rotatable bonds is 5. The van der Waals surface area contributed by atoms with Gasteiger partial charge < -0.3 is 9.47 Å². The van der Waals surface area contributed by atoms with Gasteiger partial charge in [0, 0.05) is 0 Å². The molecule has 1 saturated carbocycles. The molecule has 0 aliphatic heterocycles. The maximum atomic E-state index is 11.9. The lowest BCUT2D eigenvalue weighted by Gasteiger charge is -2.06. The highest BCUT2D eigenvalue weighted by Crippen LogP contribution is 2.37.